The first-order valence-corrected chi connectivity index (χ1v) is 12.1. The van der Waals surface area contributed by atoms with Crippen LogP contribution in [0, 0.1) is 11.3 Å². The summed E-state index contributed by atoms with van der Waals surface area (Å²) in [7, 11) is 0. The third-order valence-electron chi connectivity index (χ3n) is 6.23. The molecule has 0 amide bonds. The third-order valence-corrected chi connectivity index (χ3v) is 8.20. The smallest absolute Gasteiger partial charge is 0.190 e. The van der Waals surface area contributed by atoms with Crippen LogP contribution >= 0.6 is 23.1 Å². The van der Waals surface area contributed by atoms with Crippen LogP contribution in [-0.4, -0.2) is 40.3 Å². The summed E-state index contributed by atoms with van der Waals surface area (Å²) in [4.78, 5) is 14.7. The van der Waals surface area contributed by atoms with Gasteiger partial charge in [-0.15, -0.1) is 11.3 Å². The zero-order valence-corrected chi connectivity index (χ0v) is 18.5. The van der Waals surface area contributed by atoms with E-state index in [1.54, 1.807) is 11.8 Å². The molecular weight excluding hydrogens is 372 g/mol. The fraction of sp³-hybridized carbons (Fsp3) is 0.714. The molecule has 1 unspecified atom stereocenters. The van der Waals surface area contributed by atoms with Crippen molar-refractivity contribution in [1.29, 1.82) is 0 Å². The van der Waals surface area contributed by atoms with E-state index in [4.69, 9.17) is 10.7 Å². The fourth-order valence-electron chi connectivity index (χ4n) is 4.44. The minimum absolute atomic E-state index is 0.362. The highest BCUT2D eigenvalue weighted by atomic mass is 32.2. The number of thiophene rings is 1. The van der Waals surface area contributed by atoms with E-state index in [9.17, 15) is 0 Å². The number of anilines is 1. The van der Waals surface area contributed by atoms with Crippen molar-refractivity contribution in [2.75, 3.05) is 31.1 Å². The summed E-state index contributed by atoms with van der Waals surface area (Å²) >= 11 is 3.61. The van der Waals surface area contributed by atoms with Crippen molar-refractivity contribution in [3.63, 3.8) is 0 Å². The number of nitrogens with two attached hydrogens (primary N) is 1. The molecule has 0 radical (unpaired) electrons. The van der Waals surface area contributed by atoms with E-state index in [-0.39, 0.29) is 0 Å². The number of nitrogen functional groups attached to an aromatic ring is 1. The molecule has 0 bridgehead atoms. The second-order valence-corrected chi connectivity index (χ2v) is 11.3. The maximum absolute atomic E-state index is 6.39. The molecule has 1 saturated heterocycles. The Kier molecular flexibility index (Phi) is 5.68. The molecule has 4 nitrogen and oxygen atoms in total. The summed E-state index contributed by atoms with van der Waals surface area (Å²) in [5, 5.41) is 1.99. The van der Waals surface area contributed by atoms with Crippen molar-refractivity contribution in [2.24, 2.45) is 11.3 Å². The Morgan fingerprint density at radius 2 is 1.96 bits per heavy atom. The number of aryl methyl sites for hydroxylation is 1. The number of aromatic nitrogens is 2. The highest BCUT2D eigenvalue weighted by molar-refractivity contribution is 7.99. The summed E-state index contributed by atoms with van der Waals surface area (Å²) in [6.07, 6.45) is 7.60. The molecule has 148 valence electrons. The minimum atomic E-state index is 0.362. The van der Waals surface area contributed by atoms with E-state index in [0.717, 1.165) is 46.4 Å². The summed E-state index contributed by atoms with van der Waals surface area (Å²) in [5.41, 5.74) is 8.18. The van der Waals surface area contributed by atoms with Gasteiger partial charge in [-0.05, 0) is 62.1 Å². The Balaban J connectivity index is 1.49. The lowest BCUT2D eigenvalue weighted by molar-refractivity contribution is 0.218. The van der Waals surface area contributed by atoms with Gasteiger partial charge in [0.2, 0.25) is 0 Å². The molecule has 1 atom stereocenters. The van der Waals surface area contributed by atoms with Gasteiger partial charge in [0.15, 0.2) is 5.16 Å². The first-order valence-electron chi connectivity index (χ1n) is 10.3. The number of nitrogens with zero attached hydrogens (tertiary/aromatic N) is 3. The number of rotatable bonds is 4. The van der Waals surface area contributed by atoms with Crippen molar-refractivity contribution < 1.29 is 0 Å². The zero-order chi connectivity index (χ0) is 19.0. The fourth-order valence-corrected chi connectivity index (χ4v) is 6.65. The minimum Gasteiger partial charge on any atom is -0.383 e. The van der Waals surface area contributed by atoms with Gasteiger partial charge in [0, 0.05) is 17.2 Å². The molecule has 3 heterocycles. The van der Waals surface area contributed by atoms with Gasteiger partial charge in [0.05, 0.1) is 5.39 Å². The highest BCUT2D eigenvalue weighted by Crippen LogP contribution is 2.44. The molecule has 2 aliphatic rings. The van der Waals surface area contributed by atoms with Gasteiger partial charge in [-0.3, -0.25) is 0 Å². The second-order valence-electron chi connectivity index (χ2n) is 9.13. The van der Waals surface area contributed by atoms with Gasteiger partial charge in [-0.1, -0.05) is 39.0 Å². The third kappa shape index (κ3) is 4.28. The molecule has 0 spiro atoms. The number of likely N-dealkylation sites (tertiary alicyclic amines) is 1. The molecule has 2 aromatic heterocycles. The summed E-state index contributed by atoms with van der Waals surface area (Å²) in [6, 6.07) is 0. The van der Waals surface area contributed by atoms with Gasteiger partial charge < -0.3 is 10.6 Å². The lowest BCUT2D eigenvalue weighted by atomic mass is 9.72. The number of hydrogen-bond acceptors (Lipinski definition) is 6. The van der Waals surface area contributed by atoms with E-state index in [1.165, 1.54) is 49.2 Å². The lowest BCUT2D eigenvalue weighted by Gasteiger charge is -2.33. The Labute approximate surface area is 171 Å². The molecule has 0 saturated carbocycles. The Morgan fingerprint density at radius 3 is 2.70 bits per heavy atom. The molecule has 27 heavy (non-hydrogen) atoms. The van der Waals surface area contributed by atoms with E-state index >= 15 is 0 Å². The first-order chi connectivity index (χ1) is 12.9. The molecular formula is C21H32N4S2. The quantitative estimate of drug-likeness (QED) is 0.574. The maximum atomic E-state index is 6.39. The first kappa shape index (κ1) is 19.5. The highest BCUT2D eigenvalue weighted by Gasteiger charge is 2.31. The predicted molar refractivity (Wildman–Crippen MR) is 118 cm³/mol. The zero-order valence-electron chi connectivity index (χ0n) is 16.9. The van der Waals surface area contributed by atoms with Crippen LogP contribution in [0.4, 0.5) is 5.82 Å². The maximum Gasteiger partial charge on any atom is 0.190 e. The van der Waals surface area contributed by atoms with Crippen LogP contribution < -0.4 is 5.73 Å². The van der Waals surface area contributed by atoms with E-state index < -0.39 is 0 Å². The van der Waals surface area contributed by atoms with Crippen LogP contribution in [0.2, 0.25) is 0 Å². The van der Waals surface area contributed by atoms with Gasteiger partial charge in [-0.25, -0.2) is 9.97 Å². The molecule has 1 aliphatic carbocycles. The average molecular weight is 405 g/mol. The number of thioether (sulfide) groups is 1. The van der Waals surface area contributed by atoms with Gasteiger partial charge in [0.25, 0.3) is 0 Å². The van der Waals surface area contributed by atoms with E-state index in [1.807, 2.05) is 11.3 Å². The number of hydrogen-bond donors (Lipinski definition) is 1. The molecule has 2 N–H and O–H groups in total. The van der Waals surface area contributed by atoms with Crippen LogP contribution in [0.1, 0.15) is 56.9 Å². The van der Waals surface area contributed by atoms with Crippen LogP contribution in [0.15, 0.2) is 5.16 Å². The van der Waals surface area contributed by atoms with E-state index in [2.05, 4.69) is 30.7 Å². The van der Waals surface area contributed by atoms with Crippen LogP contribution in [0.25, 0.3) is 10.2 Å². The summed E-state index contributed by atoms with van der Waals surface area (Å²) in [6.45, 7) is 10.7. The van der Waals surface area contributed by atoms with Crippen molar-refractivity contribution in [1.82, 2.24) is 14.9 Å². The standard InChI is InChI=1S/C21H32N4S2/c1-21(2,3)14-7-8-15-16(13-14)27-19-17(15)18(22)23-20(24-19)26-12-11-25-9-5-4-6-10-25/h14H,4-13H2,1-3H3,(H2,22,23,24). The van der Waals surface area contributed by atoms with Crippen molar-refractivity contribution >= 4 is 39.1 Å². The monoisotopic (exact) mass is 404 g/mol. The van der Waals surface area contributed by atoms with Gasteiger partial charge in [-0.2, -0.15) is 0 Å². The predicted octanol–water partition coefficient (Wildman–Crippen LogP) is 5.00. The average Bonchev–Trinajstić information content (AvgIpc) is 3.00. The van der Waals surface area contributed by atoms with Crippen LogP contribution in [-0.2, 0) is 12.8 Å². The summed E-state index contributed by atoms with van der Waals surface area (Å²) in [5.74, 6) is 2.47. The second kappa shape index (κ2) is 7.88. The molecule has 0 aromatic carbocycles. The van der Waals surface area contributed by atoms with E-state index in [0.29, 0.717) is 11.2 Å². The summed E-state index contributed by atoms with van der Waals surface area (Å²) < 4.78 is 0. The van der Waals surface area contributed by atoms with Crippen LogP contribution in [0.3, 0.4) is 0 Å². The van der Waals surface area contributed by atoms with Crippen molar-refractivity contribution in [2.45, 2.75) is 64.5 Å². The topological polar surface area (TPSA) is 55.0 Å². The number of piperidine rings is 1. The van der Waals surface area contributed by atoms with Gasteiger partial charge in [0.1, 0.15) is 10.6 Å². The van der Waals surface area contributed by atoms with Crippen molar-refractivity contribution in [3.05, 3.63) is 10.4 Å². The largest absolute Gasteiger partial charge is 0.383 e. The molecule has 2 aromatic rings. The lowest BCUT2D eigenvalue weighted by Crippen LogP contribution is -2.31. The van der Waals surface area contributed by atoms with Gasteiger partial charge >= 0.3 is 0 Å². The normalized spacial score (nSPS) is 21.5. The SMILES string of the molecule is CC(C)(C)C1CCc2c(sc3nc(SCCN4CCCCC4)nc(N)c23)C1. The molecule has 1 fully saturated rings. The molecule has 1 aliphatic heterocycles. The molecule has 6 heteroatoms. The van der Waals surface area contributed by atoms with Crippen molar-refractivity contribution in [3.8, 4) is 0 Å². The molecule has 4 rings (SSSR count). The Morgan fingerprint density at radius 1 is 1.19 bits per heavy atom. The number of fused-ring (bicyclic) bond motifs is 3. The Bertz CT molecular complexity index is 803. The van der Waals surface area contributed by atoms with Crippen LogP contribution in [0.5, 0.6) is 0 Å². The Hall–Kier alpha value is -0.850.